The molecule has 4 atom stereocenters. The molecule has 1 N–H and O–H groups in total. The zero-order valence-corrected chi connectivity index (χ0v) is 12.7. The number of carbonyl (C=O) groups excluding carboxylic acids is 3. The van der Waals surface area contributed by atoms with Crippen LogP contribution in [0.4, 0.5) is 0 Å². The molecule has 1 aliphatic heterocycles. The van der Waals surface area contributed by atoms with E-state index in [1.54, 1.807) is 30.3 Å². The van der Waals surface area contributed by atoms with Crippen LogP contribution in [0, 0.1) is 11.8 Å². The quantitative estimate of drug-likeness (QED) is 0.840. The fourth-order valence-electron chi connectivity index (χ4n) is 3.18. The number of ketones is 1. The van der Waals surface area contributed by atoms with Gasteiger partial charge in [0, 0.05) is 18.8 Å². The number of hydrogen-bond acceptors (Lipinski definition) is 6. The van der Waals surface area contributed by atoms with Gasteiger partial charge < -0.3 is 14.6 Å². The highest BCUT2D eigenvalue weighted by molar-refractivity contribution is 5.90. The number of fused-ring (bicyclic) bond motifs is 1. The van der Waals surface area contributed by atoms with Crippen LogP contribution in [0.3, 0.4) is 0 Å². The molecule has 1 aromatic carbocycles. The molecule has 122 valence electrons. The highest BCUT2D eigenvalue weighted by Crippen LogP contribution is 2.41. The molecule has 1 heterocycles. The normalized spacial score (nSPS) is 33.0. The molecule has 0 unspecified atom stereocenters. The third kappa shape index (κ3) is 2.99. The summed E-state index contributed by atoms with van der Waals surface area (Å²) in [5.41, 5.74) is -1.06. The molecule has 0 aromatic heterocycles. The summed E-state index contributed by atoms with van der Waals surface area (Å²) in [5, 5.41) is 10.0. The van der Waals surface area contributed by atoms with Gasteiger partial charge in [0.25, 0.3) is 0 Å². The summed E-state index contributed by atoms with van der Waals surface area (Å²) in [6.07, 6.45) is -0.363. The van der Waals surface area contributed by atoms with E-state index in [1.165, 1.54) is 6.92 Å². The Morgan fingerprint density at radius 2 is 2.04 bits per heavy atom. The van der Waals surface area contributed by atoms with Crippen LogP contribution < -0.4 is 0 Å². The standard InChI is InChI=1S/C17H18O6/c1-17(21)8-13-11(7-14(17)18)12(16(20)23-13)9-22-15(19)10-5-3-2-4-6-10/h2-6,11-13,21H,7-9H2,1H3/t11-,12-,13-,17+/m1/s1. The molecule has 2 aliphatic rings. The summed E-state index contributed by atoms with van der Waals surface area (Å²) >= 11 is 0. The Morgan fingerprint density at radius 3 is 2.74 bits per heavy atom. The molecular formula is C17H18O6. The average molecular weight is 318 g/mol. The van der Waals surface area contributed by atoms with Gasteiger partial charge >= 0.3 is 11.9 Å². The van der Waals surface area contributed by atoms with E-state index in [-0.39, 0.29) is 31.1 Å². The van der Waals surface area contributed by atoms with Gasteiger partial charge in [-0.1, -0.05) is 18.2 Å². The lowest BCUT2D eigenvalue weighted by molar-refractivity contribution is -0.153. The molecule has 6 heteroatoms. The van der Waals surface area contributed by atoms with Crippen LogP contribution in [-0.2, 0) is 19.1 Å². The number of carbonyl (C=O) groups is 3. The fraction of sp³-hybridized carbons (Fsp3) is 0.471. The minimum absolute atomic E-state index is 0.0525. The lowest BCUT2D eigenvalue weighted by Gasteiger charge is -2.34. The Morgan fingerprint density at radius 1 is 1.35 bits per heavy atom. The molecule has 23 heavy (non-hydrogen) atoms. The molecule has 1 aliphatic carbocycles. The van der Waals surface area contributed by atoms with E-state index in [0.717, 1.165) is 0 Å². The van der Waals surface area contributed by atoms with E-state index in [0.29, 0.717) is 5.56 Å². The molecule has 1 saturated heterocycles. The van der Waals surface area contributed by atoms with Crippen molar-refractivity contribution in [3.63, 3.8) is 0 Å². The summed E-state index contributed by atoms with van der Waals surface area (Å²) in [6.45, 7) is 1.31. The molecule has 0 spiro atoms. The Kier molecular flexibility index (Phi) is 3.93. The number of benzene rings is 1. The minimum atomic E-state index is -1.46. The predicted molar refractivity (Wildman–Crippen MR) is 78.4 cm³/mol. The number of ether oxygens (including phenoxy) is 2. The van der Waals surface area contributed by atoms with Gasteiger partial charge in [-0.05, 0) is 19.1 Å². The summed E-state index contributed by atoms with van der Waals surface area (Å²) in [5.74, 6) is -2.31. The highest BCUT2D eigenvalue weighted by Gasteiger charge is 2.53. The Labute approximate surface area is 133 Å². The van der Waals surface area contributed by atoms with E-state index in [2.05, 4.69) is 0 Å². The molecule has 6 nitrogen and oxygen atoms in total. The largest absolute Gasteiger partial charge is 0.462 e. The molecule has 3 rings (SSSR count). The van der Waals surface area contributed by atoms with Crippen molar-refractivity contribution in [3.8, 4) is 0 Å². The van der Waals surface area contributed by atoms with Crippen molar-refractivity contribution in [3.05, 3.63) is 35.9 Å². The molecular weight excluding hydrogens is 300 g/mol. The van der Waals surface area contributed by atoms with Crippen molar-refractivity contribution < 1.29 is 29.0 Å². The maximum atomic E-state index is 12.0. The Hall–Kier alpha value is -2.21. The first-order valence-corrected chi connectivity index (χ1v) is 7.57. The monoisotopic (exact) mass is 318 g/mol. The molecule has 0 bridgehead atoms. The van der Waals surface area contributed by atoms with Gasteiger partial charge in [-0.15, -0.1) is 0 Å². The Balaban J connectivity index is 1.65. The van der Waals surface area contributed by atoms with Crippen LogP contribution in [0.2, 0.25) is 0 Å². The zero-order valence-electron chi connectivity index (χ0n) is 12.7. The van der Waals surface area contributed by atoms with E-state index in [1.807, 2.05) is 0 Å². The number of Topliss-reactive ketones (excluding diaryl/α,β-unsaturated/α-hetero) is 1. The first kappa shape index (κ1) is 15.7. The molecule has 0 radical (unpaired) electrons. The van der Waals surface area contributed by atoms with Crippen molar-refractivity contribution in [2.75, 3.05) is 6.61 Å². The highest BCUT2D eigenvalue weighted by atomic mass is 16.6. The number of hydrogen-bond donors (Lipinski definition) is 1. The summed E-state index contributed by atoms with van der Waals surface area (Å²) < 4.78 is 10.5. The topological polar surface area (TPSA) is 89.9 Å². The zero-order chi connectivity index (χ0) is 16.6. The third-order valence-electron chi connectivity index (χ3n) is 4.59. The van der Waals surface area contributed by atoms with E-state index < -0.39 is 29.6 Å². The van der Waals surface area contributed by atoms with E-state index >= 15 is 0 Å². The van der Waals surface area contributed by atoms with Crippen LogP contribution in [0.15, 0.2) is 30.3 Å². The van der Waals surface area contributed by atoms with Crippen molar-refractivity contribution in [1.82, 2.24) is 0 Å². The van der Waals surface area contributed by atoms with Gasteiger partial charge in [-0.25, -0.2) is 4.79 Å². The van der Waals surface area contributed by atoms with Gasteiger partial charge in [0.15, 0.2) is 5.78 Å². The van der Waals surface area contributed by atoms with Gasteiger partial charge in [0.1, 0.15) is 18.3 Å². The lowest BCUT2D eigenvalue weighted by atomic mass is 9.73. The van der Waals surface area contributed by atoms with Gasteiger partial charge in [0.2, 0.25) is 0 Å². The van der Waals surface area contributed by atoms with Crippen LogP contribution in [0.5, 0.6) is 0 Å². The van der Waals surface area contributed by atoms with Crippen LogP contribution in [-0.4, -0.2) is 41.1 Å². The summed E-state index contributed by atoms with van der Waals surface area (Å²) in [4.78, 5) is 35.9. The van der Waals surface area contributed by atoms with Crippen molar-refractivity contribution in [1.29, 1.82) is 0 Å². The first-order valence-electron chi connectivity index (χ1n) is 7.57. The Bertz CT molecular complexity index is 636. The number of aliphatic hydroxyl groups is 1. The molecule has 2 fully saturated rings. The maximum absolute atomic E-state index is 12.0. The maximum Gasteiger partial charge on any atom is 0.338 e. The second-order valence-corrected chi connectivity index (χ2v) is 6.32. The number of rotatable bonds is 3. The van der Waals surface area contributed by atoms with Crippen LogP contribution in [0.25, 0.3) is 0 Å². The predicted octanol–water partition coefficient (Wildman–Crippen LogP) is 1.12. The smallest absolute Gasteiger partial charge is 0.338 e. The second kappa shape index (κ2) is 5.77. The van der Waals surface area contributed by atoms with Crippen LogP contribution >= 0.6 is 0 Å². The fourth-order valence-corrected chi connectivity index (χ4v) is 3.18. The molecule has 1 saturated carbocycles. The summed E-state index contributed by atoms with van der Waals surface area (Å²) in [6, 6.07) is 8.48. The van der Waals surface area contributed by atoms with Gasteiger partial charge in [-0.2, -0.15) is 0 Å². The minimum Gasteiger partial charge on any atom is -0.462 e. The summed E-state index contributed by atoms with van der Waals surface area (Å²) in [7, 11) is 0. The van der Waals surface area contributed by atoms with Gasteiger partial charge in [-0.3, -0.25) is 9.59 Å². The first-order chi connectivity index (χ1) is 10.9. The van der Waals surface area contributed by atoms with Crippen molar-refractivity contribution >= 4 is 17.7 Å². The third-order valence-corrected chi connectivity index (χ3v) is 4.59. The number of esters is 2. The van der Waals surface area contributed by atoms with E-state index in [9.17, 15) is 19.5 Å². The van der Waals surface area contributed by atoms with Crippen molar-refractivity contribution in [2.24, 2.45) is 11.8 Å². The SMILES string of the molecule is C[C@]1(O)C[C@H]2OC(=O)[C@H](COC(=O)c3ccccc3)[C@H]2CC1=O. The second-order valence-electron chi connectivity index (χ2n) is 6.32. The lowest BCUT2D eigenvalue weighted by Crippen LogP contribution is -2.47. The van der Waals surface area contributed by atoms with Gasteiger partial charge in [0.05, 0.1) is 11.5 Å². The average Bonchev–Trinajstić information content (AvgIpc) is 2.80. The van der Waals surface area contributed by atoms with Crippen molar-refractivity contribution in [2.45, 2.75) is 31.5 Å². The molecule has 0 amide bonds. The van der Waals surface area contributed by atoms with E-state index in [4.69, 9.17) is 9.47 Å². The van der Waals surface area contributed by atoms with Crippen LogP contribution in [0.1, 0.15) is 30.1 Å². The molecule has 1 aromatic rings.